The average molecular weight is 575 g/mol. The first-order chi connectivity index (χ1) is 19.4. The van der Waals surface area contributed by atoms with Crippen LogP contribution in [0.25, 0.3) is 6.08 Å². The topological polar surface area (TPSA) is 79.1 Å². The molecule has 4 aromatic rings. The maximum atomic E-state index is 13.8. The number of allylic oxidation sites excluding steroid dienone is 1. The van der Waals surface area contributed by atoms with Crippen molar-refractivity contribution in [2.45, 2.75) is 26.5 Å². The minimum Gasteiger partial charge on any atom is -0.497 e. The van der Waals surface area contributed by atoms with Crippen molar-refractivity contribution in [1.82, 2.24) is 4.57 Å². The number of esters is 1. The molecule has 0 aliphatic carbocycles. The molecule has 0 amide bonds. The molecular weight excluding hydrogens is 548 g/mol. The van der Waals surface area contributed by atoms with E-state index in [0.29, 0.717) is 43.7 Å². The van der Waals surface area contributed by atoms with E-state index >= 15 is 0 Å². The van der Waals surface area contributed by atoms with E-state index in [4.69, 9.17) is 25.8 Å². The van der Waals surface area contributed by atoms with Crippen molar-refractivity contribution in [2.24, 2.45) is 4.99 Å². The molecule has 0 N–H and O–H groups in total. The molecule has 0 saturated carbocycles. The van der Waals surface area contributed by atoms with E-state index in [9.17, 15) is 9.59 Å². The van der Waals surface area contributed by atoms with Gasteiger partial charge >= 0.3 is 5.97 Å². The molecule has 1 aliphatic rings. The molecule has 9 heteroatoms. The number of methoxy groups -OCH3 is 1. The zero-order valence-electron chi connectivity index (χ0n) is 22.2. The Morgan fingerprint density at radius 2 is 1.85 bits per heavy atom. The molecular formula is C31H27ClN2O5S. The van der Waals surface area contributed by atoms with Gasteiger partial charge in [-0.2, -0.15) is 0 Å². The van der Waals surface area contributed by atoms with Gasteiger partial charge in [0.1, 0.15) is 18.1 Å². The highest BCUT2D eigenvalue weighted by atomic mass is 35.5. The van der Waals surface area contributed by atoms with Gasteiger partial charge in [-0.1, -0.05) is 65.4 Å². The van der Waals surface area contributed by atoms with Crippen LogP contribution in [-0.2, 0) is 16.1 Å². The van der Waals surface area contributed by atoms with Crippen LogP contribution in [0.5, 0.6) is 11.5 Å². The Bertz CT molecular complexity index is 1770. The number of thiazole rings is 1. The number of rotatable bonds is 8. The van der Waals surface area contributed by atoms with E-state index in [1.807, 2.05) is 60.7 Å². The number of hydrogen-bond donors (Lipinski definition) is 0. The standard InChI is InChI=1S/C31H27ClN2O5S/c1-4-38-30(36)27-19(2)33-31-34(28(27)21-12-14-23(37-3)15-13-21)29(35)26(40-31)17-20-8-7-10-24(16-20)39-18-22-9-5-6-11-25(22)32/h5-17,28H,4,18H2,1-3H3/b26-17-/t28-/m1/s1. The molecule has 5 rings (SSSR count). The average Bonchev–Trinajstić information content (AvgIpc) is 3.26. The van der Waals surface area contributed by atoms with Crippen LogP contribution in [-0.4, -0.2) is 24.3 Å². The Balaban J connectivity index is 1.55. The lowest BCUT2D eigenvalue weighted by Crippen LogP contribution is -2.39. The fourth-order valence-electron chi connectivity index (χ4n) is 4.52. The van der Waals surface area contributed by atoms with Crippen molar-refractivity contribution in [3.8, 4) is 11.5 Å². The molecule has 0 fully saturated rings. The fraction of sp³-hybridized carbons (Fsp3) is 0.194. The molecule has 0 bridgehead atoms. The summed E-state index contributed by atoms with van der Waals surface area (Å²) >= 11 is 7.53. The van der Waals surface area contributed by atoms with E-state index in [1.165, 1.54) is 11.3 Å². The van der Waals surface area contributed by atoms with Crippen molar-refractivity contribution < 1.29 is 19.0 Å². The van der Waals surface area contributed by atoms with Gasteiger partial charge in [0.05, 0.1) is 35.6 Å². The Hall–Kier alpha value is -4.14. The molecule has 204 valence electrons. The second kappa shape index (κ2) is 11.9. The van der Waals surface area contributed by atoms with Crippen LogP contribution in [0.2, 0.25) is 5.02 Å². The minimum atomic E-state index is -0.686. The highest BCUT2D eigenvalue weighted by Gasteiger charge is 2.33. The zero-order valence-corrected chi connectivity index (χ0v) is 23.8. The molecule has 0 spiro atoms. The highest BCUT2D eigenvalue weighted by Crippen LogP contribution is 2.31. The number of ether oxygens (including phenoxy) is 3. The van der Waals surface area contributed by atoms with Crippen LogP contribution < -0.4 is 24.4 Å². The lowest BCUT2D eigenvalue weighted by atomic mass is 9.96. The van der Waals surface area contributed by atoms with Gasteiger partial charge in [0.15, 0.2) is 4.80 Å². The number of benzene rings is 3. The maximum absolute atomic E-state index is 13.8. The normalized spacial score (nSPS) is 14.9. The van der Waals surface area contributed by atoms with Crippen LogP contribution in [0.15, 0.2) is 93.9 Å². The van der Waals surface area contributed by atoms with Gasteiger partial charge in [-0.05, 0) is 61.4 Å². The quantitative estimate of drug-likeness (QED) is 0.276. The van der Waals surface area contributed by atoms with Gasteiger partial charge < -0.3 is 14.2 Å². The van der Waals surface area contributed by atoms with E-state index < -0.39 is 12.0 Å². The number of carbonyl (C=O) groups is 1. The Kier molecular flexibility index (Phi) is 8.19. The summed E-state index contributed by atoms with van der Waals surface area (Å²) < 4.78 is 18.7. The highest BCUT2D eigenvalue weighted by molar-refractivity contribution is 7.07. The number of fused-ring (bicyclic) bond motifs is 1. The molecule has 0 radical (unpaired) electrons. The van der Waals surface area contributed by atoms with Gasteiger partial charge in [-0.15, -0.1) is 0 Å². The van der Waals surface area contributed by atoms with E-state index in [-0.39, 0.29) is 12.2 Å². The van der Waals surface area contributed by atoms with Gasteiger partial charge in [0.25, 0.3) is 5.56 Å². The number of carbonyl (C=O) groups excluding carboxylic acids is 1. The van der Waals surface area contributed by atoms with Crippen LogP contribution >= 0.6 is 22.9 Å². The van der Waals surface area contributed by atoms with Crippen molar-refractivity contribution in [2.75, 3.05) is 13.7 Å². The second-order valence-electron chi connectivity index (χ2n) is 9.03. The van der Waals surface area contributed by atoms with Gasteiger partial charge in [-0.25, -0.2) is 9.79 Å². The summed E-state index contributed by atoms with van der Waals surface area (Å²) in [6, 6.07) is 21.6. The zero-order chi connectivity index (χ0) is 28.2. The van der Waals surface area contributed by atoms with Crippen molar-refractivity contribution in [1.29, 1.82) is 0 Å². The van der Waals surface area contributed by atoms with Gasteiger partial charge in [-0.3, -0.25) is 9.36 Å². The van der Waals surface area contributed by atoms with Crippen molar-refractivity contribution >= 4 is 35.0 Å². The summed E-state index contributed by atoms with van der Waals surface area (Å²) in [6.07, 6.45) is 1.81. The Morgan fingerprint density at radius 3 is 2.58 bits per heavy atom. The number of nitrogens with zero attached hydrogens (tertiary/aromatic N) is 2. The van der Waals surface area contributed by atoms with Crippen molar-refractivity contribution in [3.63, 3.8) is 0 Å². The maximum Gasteiger partial charge on any atom is 0.338 e. The summed E-state index contributed by atoms with van der Waals surface area (Å²) in [4.78, 5) is 32.0. The molecule has 0 unspecified atom stereocenters. The van der Waals surface area contributed by atoms with E-state index in [0.717, 1.165) is 16.7 Å². The third-order valence-corrected chi connectivity index (χ3v) is 7.81. The summed E-state index contributed by atoms with van der Waals surface area (Å²) in [5.74, 6) is 0.825. The van der Waals surface area contributed by atoms with E-state index in [1.54, 1.807) is 43.7 Å². The molecule has 0 saturated heterocycles. The first kappa shape index (κ1) is 27.4. The third kappa shape index (κ3) is 5.59. The van der Waals surface area contributed by atoms with Crippen molar-refractivity contribution in [3.05, 3.63) is 125 Å². The molecule has 1 aliphatic heterocycles. The van der Waals surface area contributed by atoms with Crippen LogP contribution in [0, 0.1) is 0 Å². The lowest BCUT2D eigenvalue weighted by molar-refractivity contribution is -0.139. The smallest absolute Gasteiger partial charge is 0.338 e. The van der Waals surface area contributed by atoms with Gasteiger partial charge in [0.2, 0.25) is 0 Å². The SMILES string of the molecule is CCOC(=O)C1=C(C)N=c2s/c(=C\c3cccc(OCc4ccccc4Cl)c3)c(=O)n2[C@@H]1c1ccc(OC)cc1. The molecule has 3 aromatic carbocycles. The number of aromatic nitrogens is 1. The van der Waals surface area contributed by atoms with Gasteiger partial charge in [0, 0.05) is 10.6 Å². The summed E-state index contributed by atoms with van der Waals surface area (Å²) in [5.41, 5.74) is 3.03. The first-order valence-corrected chi connectivity index (χ1v) is 13.9. The Morgan fingerprint density at radius 1 is 1.07 bits per heavy atom. The largest absolute Gasteiger partial charge is 0.497 e. The number of hydrogen-bond acceptors (Lipinski definition) is 7. The summed E-state index contributed by atoms with van der Waals surface area (Å²) in [5, 5.41) is 0.642. The molecule has 2 heterocycles. The number of halogens is 1. The second-order valence-corrected chi connectivity index (χ2v) is 10.4. The fourth-order valence-corrected chi connectivity index (χ4v) is 5.75. The molecule has 1 aromatic heterocycles. The Labute approximate surface area is 240 Å². The van der Waals surface area contributed by atoms with Crippen LogP contribution in [0.1, 0.15) is 36.6 Å². The van der Waals surface area contributed by atoms with Crippen LogP contribution in [0.4, 0.5) is 0 Å². The van der Waals surface area contributed by atoms with Crippen LogP contribution in [0.3, 0.4) is 0 Å². The monoisotopic (exact) mass is 574 g/mol. The summed E-state index contributed by atoms with van der Waals surface area (Å²) in [7, 11) is 1.59. The molecule has 7 nitrogen and oxygen atoms in total. The first-order valence-electron chi connectivity index (χ1n) is 12.7. The molecule has 40 heavy (non-hydrogen) atoms. The molecule has 1 atom stereocenters. The lowest BCUT2D eigenvalue weighted by Gasteiger charge is -2.24. The predicted molar refractivity (Wildman–Crippen MR) is 156 cm³/mol. The minimum absolute atomic E-state index is 0.213. The predicted octanol–water partition coefficient (Wildman–Crippen LogP) is 5.04. The summed E-state index contributed by atoms with van der Waals surface area (Å²) in [6.45, 7) is 4.05. The third-order valence-electron chi connectivity index (χ3n) is 6.46. The van der Waals surface area contributed by atoms with E-state index in [2.05, 4.69) is 4.99 Å².